The standard InChI is InChI=1S/C17H28N4OSi/c1-13-16(14-6-8-15(18)9-7-14)17(19-2)20-21(13)12-22-10-11-23(3,4)5/h6-9H,10-12,18H2,1-5H3,(H,19,20). The molecule has 0 unspecified atom stereocenters. The van der Waals surface area contributed by atoms with Gasteiger partial charge in [-0.15, -0.1) is 0 Å². The number of benzene rings is 1. The smallest absolute Gasteiger partial charge is 0.156 e. The largest absolute Gasteiger partial charge is 0.399 e. The normalized spacial score (nSPS) is 11.7. The summed E-state index contributed by atoms with van der Waals surface area (Å²) in [5, 5.41) is 7.79. The first-order valence-electron chi connectivity index (χ1n) is 8.00. The van der Waals surface area contributed by atoms with E-state index in [4.69, 9.17) is 10.5 Å². The number of anilines is 2. The monoisotopic (exact) mass is 332 g/mol. The number of rotatable bonds is 7. The number of hydrogen-bond acceptors (Lipinski definition) is 4. The molecule has 126 valence electrons. The average molecular weight is 333 g/mol. The van der Waals surface area contributed by atoms with Crippen LogP contribution in [-0.2, 0) is 11.5 Å². The number of nitrogens with two attached hydrogens (primary N) is 1. The van der Waals surface area contributed by atoms with Crippen molar-refractivity contribution in [2.75, 3.05) is 24.7 Å². The van der Waals surface area contributed by atoms with Crippen molar-refractivity contribution >= 4 is 19.6 Å². The fraction of sp³-hybridized carbons (Fsp3) is 0.471. The summed E-state index contributed by atoms with van der Waals surface area (Å²) in [6, 6.07) is 9.04. The topological polar surface area (TPSA) is 65.1 Å². The van der Waals surface area contributed by atoms with Gasteiger partial charge in [0, 0.05) is 38.7 Å². The van der Waals surface area contributed by atoms with Crippen molar-refractivity contribution in [3.63, 3.8) is 0 Å². The quantitative estimate of drug-likeness (QED) is 0.460. The number of nitrogen functional groups attached to an aromatic ring is 1. The molecule has 1 heterocycles. The van der Waals surface area contributed by atoms with Gasteiger partial charge in [0.05, 0.1) is 0 Å². The maximum absolute atomic E-state index is 5.83. The van der Waals surface area contributed by atoms with Gasteiger partial charge in [-0.3, -0.25) is 0 Å². The average Bonchev–Trinajstić information content (AvgIpc) is 2.80. The van der Waals surface area contributed by atoms with E-state index in [0.29, 0.717) is 6.73 Å². The van der Waals surface area contributed by atoms with Crippen LogP contribution in [0.1, 0.15) is 5.69 Å². The third-order valence-electron chi connectivity index (χ3n) is 3.85. The summed E-state index contributed by atoms with van der Waals surface area (Å²) >= 11 is 0. The number of nitrogens with zero attached hydrogens (tertiary/aromatic N) is 2. The molecule has 6 heteroatoms. The minimum absolute atomic E-state index is 0.486. The van der Waals surface area contributed by atoms with E-state index in [-0.39, 0.29) is 0 Å². The fourth-order valence-electron chi connectivity index (χ4n) is 2.37. The summed E-state index contributed by atoms with van der Waals surface area (Å²) in [5.74, 6) is 0.862. The van der Waals surface area contributed by atoms with Gasteiger partial charge in [0.15, 0.2) is 5.82 Å². The van der Waals surface area contributed by atoms with Crippen molar-refractivity contribution in [2.24, 2.45) is 0 Å². The minimum atomic E-state index is -1.06. The molecular formula is C17H28N4OSi. The minimum Gasteiger partial charge on any atom is -0.399 e. The summed E-state index contributed by atoms with van der Waals surface area (Å²) in [5.41, 5.74) is 9.84. The Morgan fingerprint density at radius 1 is 1.22 bits per heavy atom. The van der Waals surface area contributed by atoms with Crippen LogP contribution in [0.5, 0.6) is 0 Å². The van der Waals surface area contributed by atoms with Gasteiger partial charge in [0.1, 0.15) is 6.73 Å². The highest BCUT2D eigenvalue weighted by molar-refractivity contribution is 6.76. The fourth-order valence-corrected chi connectivity index (χ4v) is 3.13. The molecule has 0 fully saturated rings. The van der Waals surface area contributed by atoms with Crippen molar-refractivity contribution in [3.8, 4) is 11.1 Å². The summed E-state index contributed by atoms with van der Waals surface area (Å²) in [4.78, 5) is 0. The van der Waals surface area contributed by atoms with E-state index in [2.05, 4.69) is 37.0 Å². The van der Waals surface area contributed by atoms with E-state index in [0.717, 1.165) is 41.0 Å². The van der Waals surface area contributed by atoms with Crippen molar-refractivity contribution < 1.29 is 4.74 Å². The molecule has 0 bridgehead atoms. The van der Waals surface area contributed by atoms with Crippen molar-refractivity contribution in [1.82, 2.24) is 9.78 Å². The Labute approximate surface area is 139 Å². The maximum atomic E-state index is 5.83. The second kappa shape index (κ2) is 7.19. The molecule has 2 aromatic rings. The van der Waals surface area contributed by atoms with Gasteiger partial charge in [-0.25, -0.2) is 4.68 Å². The van der Waals surface area contributed by atoms with E-state index in [1.54, 1.807) is 0 Å². The first-order valence-corrected chi connectivity index (χ1v) is 11.7. The van der Waals surface area contributed by atoms with Crippen LogP contribution < -0.4 is 11.1 Å². The predicted molar refractivity (Wildman–Crippen MR) is 100 cm³/mol. The predicted octanol–water partition coefficient (Wildman–Crippen LogP) is 3.79. The van der Waals surface area contributed by atoms with Crippen LogP contribution in [-0.4, -0.2) is 31.5 Å². The van der Waals surface area contributed by atoms with E-state index in [1.165, 1.54) is 0 Å². The Kier molecular flexibility index (Phi) is 5.49. The van der Waals surface area contributed by atoms with E-state index in [9.17, 15) is 0 Å². The van der Waals surface area contributed by atoms with Crippen molar-refractivity contribution in [1.29, 1.82) is 0 Å². The molecule has 0 aliphatic rings. The molecule has 0 aliphatic carbocycles. The van der Waals surface area contributed by atoms with Crippen LogP contribution in [0.25, 0.3) is 11.1 Å². The molecule has 0 radical (unpaired) electrons. The maximum Gasteiger partial charge on any atom is 0.156 e. The van der Waals surface area contributed by atoms with E-state index >= 15 is 0 Å². The zero-order valence-corrected chi connectivity index (χ0v) is 15.8. The highest BCUT2D eigenvalue weighted by Crippen LogP contribution is 2.31. The molecule has 0 amide bonds. The van der Waals surface area contributed by atoms with Gasteiger partial charge in [0.25, 0.3) is 0 Å². The van der Waals surface area contributed by atoms with Crippen LogP contribution in [0.15, 0.2) is 24.3 Å². The number of aromatic nitrogens is 2. The molecule has 1 aromatic heterocycles. The molecule has 0 saturated heterocycles. The van der Waals surface area contributed by atoms with Gasteiger partial charge in [-0.1, -0.05) is 31.8 Å². The molecule has 0 spiro atoms. The van der Waals surface area contributed by atoms with Crippen LogP contribution in [0.3, 0.4) is 0 Å². The van der Waals surface area contributed by atoms with E-state index < -0.39 is 8.07 Å². The summed E-state index contributed by atoms with van der Waals surface area (Å²) in [7, 11) is 0.829. The number of hydrogen-bond donors (Lipinski definition) is 2. The number of nitrogens with one attached hydrogen (secondary N) is 1. The van der Waals surface area contributed by atoms with Gasteiger partial charge >= 0.3 is 0 Å². The molecular weight excluding hydrogens is 304 g/mol. The van der Waals surface area contributed by atoms with Gasteiger partial charge in [0.2, 0.25) is 0 Å². The van der Waals surface area contributed by atoms with Gasteiger partial charge in [-0.2, -0.15) is 5.10 Å². The second-order valence-electron chi connectivity index (χ2n) is 7.03. The van der Waals surface area contributed by atoms with Crippen LogP contribution in [0.2, 0.25) is 25.7 Å². The first-order chi connectivity index (χ1) is 10.8. The molecule has 0 atom stereocenters. The van der Waals surface area contributed by atoms with Crippen LogP contribution in [0, 0.1) is 6.92 Å². The zero-order valence-electron chi connectivity index (χ0n) is 14.8. The lowest BCUT2D eigenvalue weighted by atomic mass is 10.1. The van der Waals surface area contributed by atoms with Crippen LogP contribution >= 0.6 is 0 Å². The second-order valence-corrected chi connectivity index (χ2v) is 12.6. The molecule has 23 heavy (non-hydrogen) atoms. The molecule has 2 rings (SSSR count). The third kappa shape index (κ3) is 4.59. The molecule has 5 nitrogen and oxygen atoms in total. The molecule has 3 N–H and O–H groups in total. The lowest BCUT2D eigenvalue weighted by Crippen LogP contribution is -2.22. The highest BCUT2D eigenvalue weighted by Gasteiger charge is 2.16. The highest BCUT2D eigenvalue weighted by atomic mass is 28.3. The lowest BCUT2D eigenvalue weighted by Gasteiger charge is -2.15. The van der Waals surface area contributed by atoms with Gasteiger partial charge in [-0.05, 0) is 30.7 Å². The Hall–Kier alpha value is -1.79. The lowest BCUT2D eigenvalue weighted by molar-refractivity contribution is 0.0774. The Morgan fingerprint density at radius 2 is 1.87 bits per heavy atom. The SMILES string of the molecule is CNc1nn(COCC[Si](C)(C)C)c(C)c1-c1ccc(N)cc1. The van der Waals surface area contributed by atoms with Gasteiger partial charge < -0.3 is 15.8 Å². The first kappa shape index (κ1) is 17.6. The molecule has 0 aliphatic heterocycles. The van der Waals surface area contributed by atoms with E-state index in [1.807, 2.05) is 36.0 Å². The summed E-state index contributed by atoms with van der Waals surface area (Å²) in [6.45, 7) is 10.4. The zero-order chi connectivity index (χ0) is 17.0. The van der Waals surface area contributed by atoms with Crippen molar-refractivity contribution in [3.05, 3.63) is 30.0 Å². The third-order valence-corrected chi connectivity index (χ3v) is 5.56. The summed E-state index contributed by atoms with van der Waals surface area (Å²) in [6.07, 6.45) is 0. The Bertz CT molecular complexity index is 644. The Morgan fingerprint density at radius 3 is 2.43 bits per heavy atom. The van der Waals surface area contributed by atoms with Crippen LogP contribution in [0.4, 0.5) is 11.5 Å². The van der Waals surface area contributed by atoms with Crippen molar-refractivity contribution in [2.45, 2.75) is 39.3 Å². The molecule has 1 aromatic carbocycles. The number of ether oxygens (including phenoxy) is 1. The molecule has 0 saturated carbocycles. The summed E-state index contributed by atoms with van der Waals surface area (Å²) < 4.78 is 7.75. The Balaban J connectivity index is 2.15.